The summed E-state index contributed by atoms with van der Waals surface area (Å²) in [6.07, 6.45) is -3.77. The molecule has 1 aromatic rings. The Labute approximate surface area is 168 Å². The van der Waals surface area contributed by atoms with Crippen molar-refractivity contribution in [2.45, 2.75) is 23.7 Å². The highest BCUT2D eigenvalue weighted by atomic mass is 35.6. The Morgan fingerprint density at radius 1 is 1.11 bits per heavy atom. The third-order valence-electron chi connectivity index (χ3n) is 3.66. The van der Waals surface area contributed by atoms with E-state index >= 15 is 0 Å². The highest BCUT2D eigenvalue weighted by Crippen LogP contribution is 2.38. The summed E-state index contributed by atoms with van der Waals surface area (Å²) in [7, 11) is 0. The summed E-state index contributed by atoms with van der Waals surface area (Å²) in [4.78, 5) is 35.9. The van der Waals surface area contributed by atoms with Gasteiger partial charge in [-0.15, -0.1) is 0 Å². The van der Waals surface area contributed by atoms with E-state index in [2.05, 4.69) is 4.74 Å². The second kappa shape index (κ2) is 9.52. The number of ether oxygens (including phenoxy) is 2. The molecule has 0 fully saturated rings. The largest absolute Gasteiger partial charge is 0.480 e. The molecule has 27 heavy (non-hydrogen) atoms. The van der Waals surface area contributed by atoms with E-state index < -0.39 is 52.7 Å². The van der Waals surface area contributed by atoms with Crippen molar-refractivity contribution in [3.8, 4) is 0 Å². The average molecular weight is 448 g/mol. The van der Waals surface area contributed by atoms with Crippen molar-refractivity contribution in [2.75, 3.05) is 6.61 Å². The van der Waals surface area contributed by atoms with Gasteiger partial charge in [-0.1, -0.05) is 65.1 Å². The van der Waals surface area contributed by atoms with Gasteiger partial charge in [0.2, 0.25) is 9.21 Å². The van der Waals surface area contributed by atoms with Gasteiger partial charge in [-0.3, -0.25) is 14.4 Å². The smallest absolute Gasteiger partial charge is 0.330 e. The number of carbonyl (C=O) groups is 3. The number of esters is 2. The summed E-state index contributed by atoms with van der Waals surface area (Å²) in [5, 5.41) is 9.34. The number of hydrogen-bond donors (Lipinski definition) is 1. The molecule has 0 saturated heterocycles. The lowest BCUT2D eigenvalue weighted by molar-refractivity contribution is -0.194. The predicted octanol–water partition coefficient (Wildman–Crippen LogP) is 3.62. The summed E-state index contributed by atoms with van der Waals surface area (Å²) >= 11 is 16.2. The van der Waals surface area contributed by atoms with Gasteiger partial charge in [-0.25, -0.2) is 8.78 Å². The van der Waals surface area contributed by atoms with Gasteiger partial charge >= 0.3 is 17.9 Å². The topological polar surface area (TPSA) is 89.9 Å². The first-order valence-electron chi connectivity index (χ1n) is 7.39. The lowest BCUT2D eigenvalue weighted by Gasteiger charge is -2.31. The van der Waals surface area contributed by atoms with Crippen LogP contribution >= 0.6 is 34.8 Å². The summed E-state index contributed by atoms with van der Waals surface area (Å²) in [6.45, 7) is -0.485. The molecule has 0 aromatic heterocycles. The van der Waals surface area contributed by atoms with Crippen LogP contribution in [0.25, 0.3) is 0 Å². The summed E-state index contributed by atoms with van der Waals surface area (Å²) in [5.74, 6) is -7.60. The Bertz CT molecular complexity index is 680. The second-order valence-electron chi connectivity index (χ2n) is 5.48. The van der Waals surface area contributed by atoms with Crippen LogP contribution in [0.15, 0.2) is 30.3 Å². The molecule has 1 aromatic carbocycles. The van der Waals surface area contributed by atoms with Gasteiger partial charge in [-0.05, 0) is 12.5 Å². The first-order chi connectivity index (χ1) is 12.4. The number of rotatable bonds is 8. The minimum atomic E-state index is -3.77. The maximum absolute atomic E-state index is 13.7. The highest BCUT2D eigenvalue weighted by Gasteiger charge is 2.63. The minimum absolute atomic E-state index is 0.436. The number of alkyl halides is 5. The number of carbonyl (C=O) groups excluding carboxylic acids is 2. The molecule has 0 saturated carbocycles. The molecular weight excluding hydrogens is 433 g/mol. The lowest BCUT2D eigenvalue weighted by atomic mass is 9.76. The number of carboxylic acids is 1. The van der Waals surface area contributed by atoms with Gasteiger partial charge in [0.05, 0.1) is 5.92 Å². The van der Waals surface area contributed by atoms with Crippen LogP contribution in [0, 0.1) is 11.3 Å². The van der Waals surface area contributed by atoms with Crippen LogP contribution in [-0.2, 0) is 30.5 Å². The van der Waals surface area contributed by atoms with Crippen LogP contribution in [-0.4, -0.2) is 39.8 Å². The molecule has 0 aliphatic rings. The summed E-state index contributed by atoms with van der Waals surface area (Å²) in [5.41, 5.74) is -3.05. The third kappa shape index (κ3) is 5.92. The number of benzene rings is 1. The molecule has 0 aliphatic heterocycles. The zero-order valence-corrected chi connectivity index (χ0v) is 16.1. The standard InChI is InChI=1S/C16H15Cl3F2O6/c1-9(11(22)27-8-15(17,18)19)16(12(20)21,13(23)24)14(25)26-7-10-5-3-2-4-6-10/h2-6,9,12H,7-8H2,1H3,(H,23,24). The molecule has 1 N–H and O–H groups in total. The van der Waals surface area contributed by atoms with Crippen LogP contribution in [0.5, 0.6) is 0 Å². The maximum atomic E-state index is 13.7. The van der Waals surface area contributed by atoms with E-state index in [1.54, 1.807) is 18.2 Å². The molecule has 0 radical (unpaired) electrons. The van der Waals surface area contributed by atoms with Crippen LogP contribution < -0.4 is 0 Å². The number of aliphatic carboxylic acids is 1. The summed E-state index contributed by atoms with van der Waals surface area (Å²) < 4.78 is 34.7. The van der Waals surface area contributed by atoms with E-state index in [1.165, 1.54) is 12.1 Å². The highest BCUT2D eigenvalue weighted by molar-refractivity contribution is 6.67. The van der Waals surface area contributed by atoms with Gasteiger partial charge in [0, 0.05) is 0 Å². The van der Waals surface area contributed by atoms with Crippen molar-refractivity contribution in [1.29, 1.82) is 0 Å². The lowest BCUT2D eigenvalue weighted by Crippen LogP contribution is -2.54. The number of carboxylic acid groups (broad SMARTS) is 1. The van der Waals surface area contributed by atoms with Crippen molar-refractivity contribution in [3.05, 3.63) is 35.9 Å². The second-order valence-corrected chi connectivity index (χ2v) is 8.00. The molecule has 11 heteroatoms. The first-order valence-corrected chi connectivity index (χ1v) is 8.52. The molecule has 2 unspecified atom stereocenters. The third-order valence-corrected chi connectivity index (χ3v) is 3.99. The number of halogens is 5. The maximum Gasteiger partial charge on any atom is 0.330 e. The Hall–Kier alpha value is -1.64. The van der Waals surface area contributed by atoms with Gasteiger partial charge in [0.1, 0.15) is 13.2 Å². The van der Waals surface area contributed by atoms with E-state index in [9.17, 15) is 28.3 Å². The fraction of sp³-hybridized carbons (Fsp3) is 0.438. The van der Waals surface area contributed by atoms with Gasteiger partial charge in [0.25, 0.3) is 6.43 Å². The van der Waals surface area contributed by atoms with Crippen molar-refractivity contribution < 1.29 is 37.7 Å². The van der Waals surface area contributed by atoms with Crippen molar-refractivity contribution in [2.24, 2.45) is 11.3 Å². The monoisotopic (exact) mass is 446 g/mol. The van der Waals surface area contributed by atoms with Crippen LogP contribution in [0.1, 0.15) is 12.5 Å². The SMILES string of the molecule is CC(C(=O)OCC(Cl)(Cl)Cl)C(C(=O)O)(C(=O)OCc1ccccc1)C(F)F. The molecule has 0 spiro atoms. The zero-order chi connectivity index (χ0) is 20.8. The molecule has 6 nitrogen and oxygen atoms in total. The first kappa shape index (κ1) is 23.4. The molecule has 0 amide bonds. The molecule has 1 rings (SSSR count). The Balaban J connectivity index is 3.07. The Morgan fingerprint density at radius 2 is 1.67 bits per heavy atom. The molecule has 2 atom stereocenters. The van der Waals surface area contributed by atoms with Crippen molar-refractivity contribution >= 4 is 52.7 Å². The van der Waals surface area contributed by atoms with E-state index in [-0.39, 0.29) is 0 Å². The van der Waals surface area contributed by atoms with E-state index in [4.69, 9.17) is 39.5 Å². The van der Waals surface area contributed by atoms with E-state index in [0.29, 0.717) is 5.56 Å². The minimum Gasteiger partial charge on any atom is -0.480 e. The average Bonchev–Trinajstić information content (AvgIpc) is 2.57. The Kier molecular flexibility index (Phi) is 8.25. The number of hydrogen-bond acceptors (Lipinski definition) is 5. The molecular formula is C16H15Cl3F2O6. The fourth-order valence-corrected chi connectivity index (χ4v) is 2.29. The van der Waals surface area contributed by atoms with Crippen LogP contribution in [0.3, 0.4) is 0 Å². The van der Waals surface area contributed by atoms with Crippen molar-refractivity contribution in [3.63, 3.8) is 0 Å². The fourth-order valence-electron chi connectivity index (χ4n) is 2.13. The van der Waals surface area contributed by atoms with Crippen LogP contribution in [0.2, 0.25) is 0 Å². The summed E-state index contributed by atoms with van der Waals surface area (Å²) in [6, 6.07) is 7.97. The van der Waals surface area contributed by atoms with E-state index in [0.717, 1.165) is 6.92 Å². The molecule has 0 heterocycles. The normalized spacial score (nSPS) is 14.9. The van der Waals surface area contributed by atoms with Gasteiger partial charge in [0.15, 0.2) is 0 Å². The van der Waals surface area contributed by atoms with Gasteiger partial charge in [-0.2, -0.15) is 0 Å². The zero-order valence-electron chi connectivity index (χ0n) is 13.8. The Morgan fingerprint density at radius 3 is 2.11 bits per heavy atom. The van der Waals surface area contributed by atoms with Gasteiger partial charge < -0.3 is 14.6 Å². The molecule has 0 aliphatic carbocycles. The molecule has 0 bridgehead atoms. The van der Waals surface area contributed by atoms with Crippen molar-refractivity contribution in [1.82, 2.24) is 0 Å². The molecule has 150 valence electrons. The predicted molar refractivity (Wildman–Crippen MR) is 92.7 cm³/mol. The van der Waals surface area contributed by atoms with E-state index in [1.807, 2.05) is 0 Å². The quantitative estimate of drug-likeness (QED) is 0.372. The van der Waals surface area contributed by atoms with Crippen LogP contribution in [0.4, 0.5) is 8.78 Å².